The fourth-order valence-corrected chi connectivity index (χ4v) is 5.91. The summed E-state index contributed by atoms with van der Waals surface area (Å²) in [6, 6.07) is 0. The van der Waals surface area contributed by atoms with E-state index < -0.39 is 51.8 Å². The highest BCUT2D eigenvalue weighted by Crippen LogP contribution is 2.43. The van der Waals surface area contributed by atoms with Crippen molar-refractivity contribution >= 4 is 19.8 Å². The maximum Gasteiger partial charge on any atom is 0.472 e. The van der Waals surface area contributed by atoms with Crippen molar-refractivity contribution in [3.63, 3.8) is 0 Å². The first-order chi connectivity index (χ1) is 26.7. The third-order valence-electron chi connectivity index (χ3n) is 8.34. The molecule has 0 fully saturated rings. The van der Waals surface area contributed by atoms with Crippen molar-refractivity contribution in [3.05, 3.63) is 72.9 Å². The Balaban J connectivity index is 4.50. The number of unbranched alkanes of at least 4 members (excludes halogenated alkanes) is 12. The molecule has 0 saturated carbocycles. The average Bonchev–Trinajstić information content (AvgIpc) is 3.17. The zero-order valence-corrected chi connectivity index (χ0v) is 35.0. The van der Waals surface area contributed by atoms with E-state index in [2.05, 4.69) is 73.1 Å². The first-order valence-electron chi connectivity index (χ1n) is 20.9. The van der Waals surface area contributed by atoms with Crippen molar-refractivity contribution in [2.24, 2.45) is 0 Å². The molecule has 0 aromatic rings. The Morgan fingerprint density at radius 1 is 0.545 bits per heavy atom. The number of ether oxygens (including phenoxy) is 2. The summed E-state index contributed by atoms with van der Waals surface area (Å²) in [5, 5.41) is 18.3. The summed E-state index contributed by atoms with van der Waals surface area (Å²) in [5.74, 6) is -1.08. The lowest BCUT2D eigenvalue weighted by Gasteiger charge is -2.20. The van der Waals surface area contributed by atoms with Crippen molar-refractivity contribution in [2.75, 3.05) is 26.4 Å². The molecule has 0 aromatic heterocycles. The Morgan fingerprint density at radius 2 is 0.982 bits per heavy atom. The van der Waals surface area contributed by atoms with Crippen LogP contribution in [0.25, 0.3) is 0 Å². The number of aliphatic hydroxyl groups is 2. The minimum Gasteiger partial charge on any atom is -0.462 e. The Labute approximate surface area is 333 Å². The normalized spacial score (nSPS) is 14.6. The molecule has 316 valence electrons. The quantitative estimate of drug-likeness (QED) is 0.0239. The minimum absolute atomic E-state index is 0.0508. The standard InChI is InChI=1S/C44H75O10P/c1-3-5-7-9-11-13-15-17-19-20-22-24-26-28-30-32-34-36-44(48)54-42(40-53-55(49,50)52-38-41(46)37-45)39-51-43(47)35-33-31-29-27-25-23-21-18-16-14-12-10-8-6-4-2/h7,9,13,15,19-20,24,26,29-32,41-42,45-46H,3-6,8,10-12,14,16-18,21-23,25,27-28,33-40H2,1-2H3,(H,49,50)/b9-7-,15-13-,20-19-,26-24-,31-29-,32-30-. The first-order valence-corrected chi connectivity index (χ1v) is 22.4. The van der Waals surface area contributed by atoms with Gasteiger partial charge in [0.15, 0.2) is 6.10 Å². The van der Waals surface area contributed by atoms with Gasteiger partial charge in [-0.2, -0.15) is 0 Å². The molecular formula is C44H75O10P. The number of aliphatic hydroxyl groups excluding tert-OH is 2. The molecule has 0 aliphatic rings. The highest BCUT2D eigenvalue weighted by molar-refractivity contribution is 7.47. The van der Waals surface area contributed by atoms with Gasteiger partial charge >= 0.3 is 19.8 Å². The minimum atomic E-state index is -4.65. The summed E-state index contributed by atoms with van der Waals surface area (Å²) in [6.07, 6.45) is 44.7. The molecule has 0 saturated heterocycles. The maximum atomic E-state index is 12.6. The highest BCUT2D eigenvalue weighted by Gasteiger charge is 2.27. The molecule has 0 rings (SSSR count). The van der Waals surface area contributed by atoms with Crippen LogP contribution in [0.2, 0.25) is 0 Å². The fourth-order valence-electron chi connectivity index (χ4n) is 5.12. The van der Waals surface area contributed by atoms with Gasteiger partial charge in [0.05, 0.1) is 19.8 Å². The average molecular weight is 795 g/mol. The SMILES string of the molecule is CCC/C=C\C/C=C\C/C=C\C/C=C\C/C=C\CCC(=O)OC(COC(=O)CC/C=C\CCCCCCCCCCCCC)COP(=O)(O)OCC(O)CO. The predicted octanol–water partition coefficient (Wildman–Crippen LogP) is 10.9. The number of carbonyl (C=O) groups is 2. The number of carbonyl (C=O) groups excluding carboxylic acids is 2. The van der Waals surface area contributed by atoms with Gasteiger partial charge in [-0.1, -0.05) is 157 Å². The zero-order chi connectivity index (χ0) is 40.5. The van der Waals surface area contributed by atoms with E-state index >= 15 is 0 Å². The molecule has 11 heteroatoms. The summed E-state index contributed by atoms with van der Waals surface area (Å²) in [7, 11) is -4.65. The Kier molecular flexibility index (Phi) is 37.8. The monoisotopic (exact) mass is 795 g/mol. The second-order valence-corrected chi connectivity index (χ2v) is 15.1. The lowest BCUT2D eigenvalue weighted by molar-refractivity contribution is -0.161. The van der Waals surface area contributed by atoms with Crippen LogP contribution in [-0.4, -0.2) is 65.7 Å². The van der Waals surface area contributed by atoms with Crippen molar-refractivity contribution in [2.45, 2.75) is 167 Å². The van der Waals surface area contributed by atoms with Gasteiger partial charge in [0, 0.05) is 12.8 Å². The van der Waals surface area contributed by atoms with E-state index in [1.807, 2.05) is 18.2 Å². The van der Waals surface area contributed by atoms with E-state index in [1.165, 1.54) is 70.6 Å². The number of hydrogen-bond acceptors (Lipinski definition) is 9. The molecule has 0 aliphatic carbocycles. The van der Waals surface area contributed by atoms with Gasteiger partial charge in [0.25, 0.3) is 0 Å². The third kappa shape index (κ3) is 39.4. The van der Waals surface area contributed by atoms with Gasteiger partial charge in [-0.3, -0.25) is 18.6 Å². The van der Waals surface area contributed by atoms with Crippen molar-refractivity contribution in [1.29, 1.82) is 0 Å². The van der Waals surface area contributed by atoms with E-state index in [9.17, 15) is 24.2 Å². The van der Waals surface area contributed by atoms with Crippen LogP contribution in [0.5, 0.6) is 0 Å². The van der Waals surface area contributed by atoms with Crippen LogP contribution < -0.4 is 0 Å². The predicted molar refractivity (Wildman–Crippen MR) is 223 cm³/mol. The number of hydrogen-bond donors (Lipinski definition) is 3. The van der Waals surface area contributed by atoms with Crippen LogP contribution in [0.15, 0.2) is 72.9 Å². The molecule has 55 heavy (non-hydrogen) atoms. The summed E-state index contributed by atoms with van der Waals surface area (Å²) in [6.45, 7) is 2.17. The van der Waals surface area contributed by atoms with E-state index in [-0.39, 0.29) is 19.4 Å². The first kappa shape index (κ1) is 52.4. The van der Waals surface area contributed by atoms with Gasteiger partial charge in [-0.05, 0) is 57.8 Å². The molecular weight excluding hydrogens is 719 g/mol. The summed E-state index contributed by atoms with van der Waals surface area (Å²) in [4.78, 5) is 34.9. The topological polar surface area (TPSA) is 149 Å². The van der Waals surface area contributed by atoms with E-state index in [1.54, 1.807) is 0 Å². The molecule has 3 atom stereocenters. The van der Waals surface area contributed by atoms with Crippen LogP contribution in [0.1, 0.15) is 155 Å². The third-order valence-corrected chi connectivity index (χ3v) is 9.29. The van der Waals surface area contributed by atoms with Gasteiger partial charge in [-0.15, -0.1) is 0 Å². The number of esters is 2. The molecule has 0 amide bonds. The van der Waals surface area contributed by atoms with E-state index in [0.29, 0.717) is 12.8 Å². The van der Waals surface area contributed by atoms with Crippen LogP contribution in [0.3, 0.4) is 0 Å². The molecule has 10 nitrogen and oxygen atoms in total. The van der Waals surface area contributed by atoms with E-state index in [4.69, 9.17) is 19.1 Å². The number of allylic oxidation sites excluding steroid dienone is 12. The summed E-state index contributed by atoms with van der Waals surface area (Å²) >= 11 is 0. The van der Waals surface area contributed by atoms with Crippen LogP contribution in [-0.2, 0) is 32.7 Å². The maximum absolute atomic E-state index is 12.6. The lowest BCUT2D eigenvalue weighted by atomic mass is 10.1. The largest absolute Gasteiger partial charge is 0.472 e. The number of rotatable bonds is 38. The number of phosphoric ester groups is 1. The molecule has 0 radical (unpaired) electrons. The van der Waals surface area contributed by atoms with Crippen molar-refractivity contribution in [1.82, 2.24) is 0 Å². The second-order valence-electron chi connectivity index (χ2n) is 13.7. The van der Waals surface area contributed by atoms with Crippen LogP contribution in [0, 0.1) is 0 Å². The van der Waals surface area contributed by atoms with E-state index in [0.717, 1.165) is 44.9 Å². The Hall–Kier alpha value is -2.59. The van der Waals surface area contributed by atoms with Gasteiger partial charge in [0.1, 0.15) is 12.7 Å². The van der Waals surface area contributed by atoms with Gasteiger partial charge < -0.3 is 24.6 Å². The van der Waals surface area contributed by atoms with Crippen LogP contribution in [0.4, 0.5) is 0 Å². The highest BCUT2D eigenvalue weighted by atomic mass is 31.2. The molecule has 0 aromatic carbocycles. The summed E-state index contributed by atoms with van der Waals surface area (Å²) < 4.78 is 32.5. The second kappa shape index (κ2) is 39.6. The van der Waals surface area contributed by atoms with Crippen LogP contribution >= 0.6 is 7.82 Å². The van der Waals surface area contributed by atoms with Gasteiger partial charge in [0.2, 0.25) is 0 Å². The smallest absolute Gasteiger partial charge is 0.462 e. The van der Waals surface area contributed by atoms with Crippen molar-refractivity contribution in [3.8, 4) is 0 Å². The Bertz CT molecular complexity index is 1140. The lowest BCUT2D eigenvalue weighted by Crippen LogP contribution is -2.29. The van der Waals surface area contributed by atoms with Crippen molar-refractivity contribution < 1.29 is 47.8 Å². The molecule has 0 heterocycles. The fraction of sp³-hybridized carbons (Fsp3) is 0.682. The zero-order valence-electron chi connectivity index (χ0n) is 34.1. The molecule has 0 bridgehead atoms. The molecule has 0 spiro atoms. The molecule has 3 N–H and O–H groups in total. The summed E-state index contributed by atoms with van der Waals surface area (Å²) in [5.41, 5.74) is 0. The number of phosphoric acid groups is 1. The Morgan fingerprint density at radius 3 is 1.51 bits per heavy atom. The molecule has 0 aliphatic heterocycles. The molecule has 3 unspecified atom stereocenters. The van der Waals surface area contributed by atoms with Gasteiger partial charge in [-0.25, -0.2) is 4.57 Å².